The Bertz CT molecular complexity index is 1280. The van der Waals surface area contributed by atoms with Crippen LogP contribution in [-0.4, -0.2) is 54.7 Å². The van der Waals surface area contributed by atoms with Crippen LogP contribution in [0.4, 0.5) is 10.5 Å². The standard InChI is InChI=1S/C29H29N3O5/c1-18-10-12-19(13-11-18)31-28(34)26-14-20(37-27(33)15-30)16-32(26)29(35)36-17-25-23-8-4-2-6-21(23)22-7-3-5-9-24(22)25/h2-13,20,25-26H,14-17,30H2,1H3,(H,31,34)/t20-,26+/m1/s1. The first-order valence-corrected chi connectivity index (χ1v) is 12.3. The van der Waals surface area contributed by atoms with Crippen molar-refractivity contribution in [2.75, 3.05) is 25.0 Å². The SMILES string of the molecule is Cc1ccc(NC(=O)[C@@H]2C[C@@H](OC(=O)CN)CN2C(=O)OCC2c3ccccc3-c3ccccc32)cc1. The summed E-state index contributed by atoms with van der Waals surface area (Å²) in [5, 5.41) is 2.85. The highest BCUT2D eigenvalue weighted by molar-refractivity contribution is 5.97. The van der Waals surface area contributed by atoms with Gasteiger partial charge in [-0.25, -0.2) is 4.79 Å². The van der Waals surface area contributed by atoms with E-state index in [1.54, 1.807) is 12.1 Å². The number of likely N-dealkylation sites (tertiary alicyclic amines) is 1. The topological polar surface area (TPSA) is 111 Å². The number of esters is 1. The summed E-state index contributed by atoms with van der Waals surface area (Å²) in [6.07, 6.45) is -1.12. The number of ether oxygens (including phenoxy) is 2. The van der Waals surface area contributed by atoms with Gasteiger partial charge in [0.25, 0.3) is 0 Å². The predicted molar refractivity (Wildman–Crippen MR) is 139 cm³/mol. The van der Waals surface area contributed by atoms with E-state index < -0.39 is 24.2 Å². The third-order valence-electron chi connectivity index (χ3n) is 6.92. The number of nitrogens with one attached hydrogen (secondary N) is 1. The van der Waals surface area contributed by atoms with E-state index >= 15 is 0 Å². The van der Waals surface area contributed by atoms with E-state index in [9.17, 15) is 14.4 Å². The molecule has 1 fully saturated rings. The average molecular weight is 500 g/mol. The maximum atomic E-state index is 13.3. The molecule has 0 aromatic heterocycles. The molecule has 37 heavy (non-hydrogen) atoms. The largest absolute Gasteiger partial charge is 0.459 e. The van der Waals surface area contributed by atoms with Gasteiger partial charge in [-0.15, -0.1) is 0 Å². The first-order valence-electron chi connectivity index (χ1n) is 12.3. The van der Waals surface area contributed by atoms with Gasteiger partial charge in [-0.1, -0.05) is 66.2 Å². The minimum Gasteiger partial charge on any atom is -0.459 e. The molecule has 8 heteroatoms. The number of aryl methyl sites for hydroxylation is 1. The number of rotatable bonds is 6. The molecule has 3 N–H and O–H groups in total. The van der Waals surface area contributed by atoms with Crippen LogP contribution < -0.4 is 11.1 Å². The van der Waals surface area contributed by atoms with Crippen molar-refractivity contribution in [3.8, 4) is 11.1 Å². The summed E-state index contributed by atoms with van der Waals surface area (Å²) >= 11 is 0. The number of benzene rings is 3. The van der Waals surface area contributed by atoms with Crippen LogP contribution >= 0.6 is 0 Å². The third-order valence-corrected chi connectivity index (χ3v) is 6.92. The van der Waals surface area contributed by atoms with E-state index in [1.807, 2.05) is 55.5 Å². The highest BCUT2D eigenvalue weighted by Crippen LogP contribution is 2.44. The summed E-state index contributed by atoms with van der Waals surface area (Å²) in [6, 6.07) is 22.7. The second-order valence-electron chi connectivity index (χ2n) is 9.38. The summed E-state index contributed by atoms with van der Waals surface area (Å²) in [4.78, 5) is 39.6. The van der Waals surface area contributed by atoms with Crippen molar-refractivity contribution in [3.05, 3.63) is 89.5 Å². The zero-order valence-corrected chi connectivity index (χ0v) is 20.6. The first-order chi connectivity index (χ1) is 17.9. The molecule has 2 atom stereocenters. The van der Waals surface area contributed by atoms with E-state index in [1.165, 1.54) is 4.90 Å². The highest BCUT2D eigenvalue weighted by atomic mass is 16.6. The summed E-state index contributed by atoms with van der Waals surface area (Å²) in [5.41, 5.74) is 11.5. The maximum Gasteiger partial charge on any atom is 0.410 e. The summed E-state index contributed by atoms with van der Waals surface area (Å²) in [5.74, 6) is -1.06. The van der Waals surface area contributed by atoms with Gasteiger partial charge in [-0.3, -0.25) is 14.5 Å². The Hall–Kier alpha value is -4.17. The third kappa shape index (κ3) is 5.06. The number of fused-ring (bicyclic) bond motifs is 3. The molecule has 0 radical (unpaired) electrons. The molecule has 1 saturated heterocycles. The number of hydrogen-bond donors (Lipinski definition) is 2. The fourth-order valence-corrected chi connectivity index (χ4v) is 5.11. The number of carbonyl (C=O) groups is 3. The minimum absolute atomic E-state index is 0.0500. The number of hydrogen-bond acceptors (Lipinski definition) is 6. The zero-order chi connectivity index (χ0) is 25.9. The Labute approximate surface area is 215 Å². The molecule has 0 bridgehead atoms. The lowest BCUT2D eigenvalue weighted by molar-refractivity contribution is -0.146. The Morgan fingerprint density at radius 3 is 2.19 bits per heavy atom. The summed E-state index contributed by atoms with van der Waals surface area (Å²) in [6.45, 7) is 1.86. The Morgan fingerprint density at radius 2 is 1.57 bits per heavy atom. The molecule has 0 saturated carbocycles. The lowest BCUT2D eigenvalue weighted by Gasteiger charge is -2.24. The molecular formula is C29H29N3O5. The summed E-state index contributed by atoms with van der Waals surface area (Å²) < 4.78 is 11.2. The molecule has 3 aromatic rings. The molecule has 2 amide bonds. The van der Waals surface area contributed by atoms with Crippen LogP contribution in [0.25, 0.3) is 11.1 Å². The van der Waals surface area contributed by atoms with Crippen LogP contribution in [0, 0.1) is 6.92 Å². The summed E-state index contributed by atoms with van der Waals surface area (Å²) in [7, 11) is 0. The van der Waals surface area contributed by atoms with Crippen LogP contribution in [0.15, 0.2) is 72.8 Å². The fourth-order valence-electron chi connectivity index (χ4n) is 5.11. The fraction of sp³-hybridized carbons (Fsp3) is 0.276. The van der Waals surface area contributed by atoms with Crippen molar-refractivity contribution in [2.45, 2.75) is 31.4 Å². The monoisotopic (exact) mass is 499 g/mol. The van der Waals surface area contributed by atoms with Gasteiger partial charge >= 0.3 is 12.1 Å². The normalized spacial score (nSPS) is 18.2. The smallest absolute Gasteiger partial charge is 0.410 e. The van der Waals surface area contributed by atoms with Crippen LogP contribution in [0.1, 0.15) is 29.0 Å². The molecule has 0 spiro atoms. The van der Waals surface area contributed by atoms with Crippen LogP contribution in [0.3, 0.4) is 0 Å². The molecule has 190 valence electrons. The van der Waals surface area contributed by atoms with Crippen LogP contribution in [0.5, 0.6) is 0 Å². The van der Waals surface area contributed by atoms with Gasteiger partial charge in [0.2, 0.25) is 5.91 Å². The number of carbonyl (C=O) groups excluding carboxylic acids is 3. The van der Waals surface area contributed by atoms with E-state index in [0.717, 1.165) is 27.8 Å². The number of nitrogens with zero attached hydrogens (tertiary/aromatic N) is 1. The highest BCUT2D eigenvalue weighted by Gasteiger charge is 2.42. The van der Waals surface area contributed by atoms with Crippen LogP contribution in [-0.2, 0) is 19.1 Å². The molecular weight excluding hydrogens is 470 g/mol. The predicted octanol–water partition coefficient (Wildman–Crippen LogP) is 3.83. The van der Waals surface area contributed by atoms with E-state index in [0.29, 0.717) is 5.69 Å². The Balaban J connectivity index is 1.32. The van der Waals surface area contributed by atoms with Crippen molar-refractivity contribution >= 4 is 23.7 Å². The number of nitrogens with two attached hydrogens (primary N) is 1. The van der Waals surface area contributed by atoms with Gasteiger partial charge in [0.15, 0.2) is 0 Å². The van der Waals surface area contributed by atoms with Gasteiger partial charge in [-0.2, -0.15) is 0 Å². The van der Waals surface area contributed by atoms with Crippen molar-refractivity contribution in [3.63, 3.8) is 0 Å². The Morgan fingerprint density at radius 1 is 0.946 bits per heavy atom. The van der Waals surface area contributed by atoms with Gasteiger partial charge in [0.05, 0.1) is 13.1 Å². The van der Waals surface area contributed by atoms with Gasteiger partial charge in [0, 0.05) is 18.0 Å². The van der Waals surface area contributed by atoms with E-state index in [2.05, 4.69) is 17.4 Å². The van der Waals surface area contributed by atoms with Gasteiger partial charge < -0.3 is 20.5 Å². The van der Waals surface area contributed by atoms with E-state index in [4.69, 9.17) is 15.2 Å². The molecule has 2 aliphatic rings. The molecule has 3 aromatic carbocycles. The lowest BCUT2D eigenvalue weighted by Crippen LogP contribution is -2.43. The molecule has 8 nitrogen and oxygen atoms in total. The molecule has 5 rings (SSSR count). The molecule has 1 aliphatic heterocycles. The van der Waals surface area contributed by atoms with Crippen LogP contribution in [0.2, 0.25) is 0 Å². The van der Waals surface area contributed by atoms with Crippen molar-refractivity contribution in [1.29, 1.82) is 0 Å². The van der Waals surface area contributed by atoms with Crippen molar-refractivity contribution < 1.29 is 23.9 Å². The average Bonchev–Trinajstić information content (AvgIpc) is 3.48. The lowest BCUT2D eigenvalue weighted by atomic mass is 9.98. The maximum absolute atomic E-state index is 13.3. The quantitative estimate of drug-likeness (QED) is 0.499. The zero-order valence-electron chi connectivity index (χ0n) is 20.6. The molecule has 1 heterocycles. The second kappa shape index (κ2) is 10.4. The van der Waals surface area contributed by atoms with Gasteiger partial charge in [-0.05, 0) is 41.3 Å². The number of amides is 2. The van der Waals surface area contributed by atoms with Gasteiger partial charge in [0.1, 0.15) is 18.8 Å². The minimum atomic E-state index is -0.854. The van der Waals surface area contributed by atoms with E-state index in [-0.39, 0.29) is 37.9 Å². The Kier molecular flexibility index (Phi) is 6.92. The molecule has 1 aliphatic carbocycles. The van der Waals surface area contributed by atoms with Crippen molar-refractivity contribution in [1.82, 2.24) is 4.90 Å². The first kappa shape index (κ1) is 24.5. The second-order valence-corrected chi connectivity index (χ2v) is 9.38. The van der Waals surface area contributed by atoms with Crippen molar-refractivity contribution in [2.24, 2.45) is 5.73 Å². The molecule has 0 unspecified atom stereocenters. The number of anilines is 1.